The molecule has 22 heavy (non-hydrogen) atoms. The van der Waals surface area contributed by atoms with Crippen LogP contribution in [0.1, 0.15) is 49.7 Å². The van der Waals surface area contributed by atoms with E-state index in [2.05, 4.69) is 29.5 Å². The molecule has 0 radical (unpaired) electrons. The van der Waals surface area contributed by atoms with Crippen molar-refractivity contribution in [2.75, 3.05) is 0 Å². The van der Waals surface area contributed by atoms with Crippen molar-refractivity contribution in [2.45, 2.75) is 55.0 Å². The Bertz CT molecular complexity index is 619. The number of fused-ring (bicyclic) bond motifs is 5. The molecule has 2 fully saturated rings. The first-order chi connectivity index (χ1) is 10.4. The molecule has 2 nitrogen and oxygen atoms in total. The minimum Gasteiger partial charge on any atom is -0.505 e. The van der Waals surface area contributed by atoms with E-state index in [0.29, 0.717) is 28.1 Å². The molecule has 0 saturated heterocycles. The number of phenols is 1. The van der Waals surface area contributed by atoms with Gasteiger partial charge in [0.05, 0.1) is 6.10 Å². The number of hydrogen-bond donors (Lipinski definition) is 2. The second-order valence-electron chi connectivity index (χ2n) is 7.62. The molecule has 0 spiro atoms. The van der Waals surface area contributed by atoms with Crippen molar-refractivity contribution in [3.8, 4) is 5.75 Å². The van der Waals surface area contributed by atoms with Crippen molar-refractivity contribution in [3.05, 3.63) is 29.1 Å². The van der Waals surface area contributed by atoms with E-state index in [-0.39, 0.29) is 17.3 Å². The molecular formula is C18H22FIO2. The van der Waals surface area contributed by atoms with Crippen molar-refractivity contribution < 1.29 is 14.6 Å². The summed E-state index contributed by atoms with van der Waals surface area (Å²) in [6, 6.07) is 3.44. The molecule has 2 N–H and O–H groups in total. The molecular weight excluding hydrogens is 394 g/mol. The van der Waals surface area contributed by atoms with Crippen LogP contribution in [0.4, 0.5) is 4.39 Å². The fraction of sp³-hybridized carbons (Fsp3) is 0.667. The molecule has 0 bridgehead atoms. The average Bonchev–Trinajstić information content (AvgIpc) is 2.74. The molecule has 1 aromatic carbocycles. The summed E-state index contributed by atoms with van der Waals surface area (Å²) in [5.74, 6) is 0.840. The quantitative estimate of drug-likeness (QED) is 0.493. The molecule has 3 aliphatic rings. The third kappa shape index (κ3) is 1.92. The fourth-order valence-electron chi connectivity index (χ4n) is 5.56. The number of hydrogen-bond acceptors (Lipinski definition) is 2. The second kappa shape index (κ2) is 5.07. The van der Waals surface area contributed by atoms with Crippen LogP contribution in [-0.4, -0.2) is 20.2 Å². The Balaban J connectivity index is 1.73. The Morgan fingerprint density at radius 3 is 2.86 bits per heavy atom. The van der Waals surface area contributed by atoms with E-state index >= 15 is 0 Å². The van der Waals surface area contributed by atoms with Gasteiger partial charge in [0.1, 0.15) is 0 Å². The van der Waals surface area contributed by atoms with Gasteiger partial charge < -0.3 is 10.2 Å². The van der Waals surface area contributed by atoms with Crippen molar-refractivity contribution in [2.24, 2.45) is 17.3 Å². The zero-order valence-corrected chi connectivity index (χ0v) is 14.9. The van der Waals surface area contributed by atoms with Crippen LogP contribution in [0.15, 0.2) is 12.1 Å². The first-order valence-corrected chi connectivity index (χ1v) is 9.50. The van der Waals surface area contributed by atoms with E-state index in [9.17, 15) is 14.6 Å². The summed E-state index contributed by atoms with van der Waals surface area (Å²) in [7, 11) is 0. The Hall–Kier alpha value is -0.360. The number of rotatable bonds is 0. The van der Waals surface area contributed by atoms with Gasteiger partial charge in [-0.1, -0.05) is 35.6 Å². The molecule has 0 unspecified atom stereocenters. The maximum Gasteiger partial charge on any atom is 0.168 e. The summed E-state index contributed by atoms with van der Waals surface area (Å²) in [5.41, 5.74) is 1.87. The number of aliphatic hydroxyl groups excluding tert-OH is 1. The predicted octanol–water partition coefficient (Wildman–Crippen LogP) is 4.16. The van der Waals surface area contributed by atoms with Crippen LogP contribution < -0.4 is 0 Å². The lowest BCUT2D eigenvalue weighted by Gasteiger charge is -2.50. The first-order valence-electron chi connectivity index (χ1n) is 8.26. The molecule has 120 valence electrons. The Morgan fingerprint density at radius 2 is 2.09 bits per heavy atom. The Labute approximate surface area is 144 Å². The fourth-order valence-corrected chi connectivity index (χ4v) is 6.93. The van der Waals surface area contributed by atoms with E-state index in [1.54, 1.807) is 0 Å². The highest BCUT2D eigenvalue weighted by Gasteiger charge is 2.57. The highest BCUT2D eigenvalue weighted by atomic mass is 127. The smallest absolute Gasteiger partial charge is 0.168 e. The topological polar surface area (TPSA) is 40.5 Å². The van der Waals surface area contributed by atoms with Gasteiger partial charge in [-0.25, -0.2) is 4.39 Å². The van der Waals surface area contributed by atoms with Crippen LogP contribution in [0.2, 0.25) is 0 Å². The van der Waals surface area contributed by atoms with E-state index in [0.717, 1.165) is 36.8 Å². The van der Waals surface area contributed by atoms with E-state index in [1.807, 2.05) is 6.07 Å². The third-order valence-electron chi connectivity index (χ3n) is 6.76. The summed E-state index contributed by atoms with van der Waals surface area (Å²) >= 11 is 2.40. The summed E-state index contributed by atoms with van der Waals surface area (Å²) in [5, 5.41) is 20.2. The van der Waals surface area contributed by atoms with E-state index in [1.165, 1.54) is 6.07 Å². The molecule has 0 amide bonds. The summed E-state index contributed by atoms with van der Waals surface area (Å²) in [4.78, 5) is 0. The number of halogens is 2. The molecule has 1 aromatic rings. The van der Waals surface area contributed by atoms with E-state index in [4.69, 9.17) is 0 Å². The summed E-state index contributed by atoms with van der Waals surface area (Å²) in [6.07, 6.45) is 4.60. The maximum absolute atomic E-state index is 14.2. The number of phenolic OH excluding ortho intramolecular Hbond substituents is 1. The molecule has 4 heteroatoms. The van der Waals surface area contributed by atoms with Crippen LogP contribution in [-0.2, 0) is 6.42 Å². The zero-order chi connectivity index (χ0) is 15.6. The molecule has 4 rings (SSSR count). The highest BCUT2D eigenvalue weighted by molar-refractivity contribution is 14.1. The average molecular weight is 416 g/mol. The van der Waals surface area contributed by atoms with Crippen molar-refractivity contribution in [3.63, 3.8) is 0 Å². The Morgan fingerprint density at radius 1 is 1.32 bits per heavy atom. The normalized spacial score (nSPS) is 43.4. The molecule has 2 saturated carbocycles. The van der Waals surface area contributed by atoms with Gasteiger partial charge in [-0.3, -0.25) is 0 Å². The second-order valence-corrected chi connectivity index (χ2v) is 9.22. The van der Waals surface area contributed by atoms with Gasteiger partial charge in [0.2, 0.25) is 0 Å². The largest absolute Gasteiger partial charge is 0.505 e. The molecule has 3 aliphatic carbocycles. The van der Waals surface area contributed by atoms with Gasteiger partial charge in [0.25, 0.3) is 0 Å². The van der Waals surface area contributed by atoms with Crippen LogP contribution in [0.5, 0.6) is 5.75 Å². The summed E-state index contributed by atoms with van der Waals surface area (Å²) < 4.78 is 14.6. The molecule has 0 aromatic heterocycles. The van der Waals surface area contributed by atoms with E-state index < -0.39 is 5.82 Å². The number of alkyl halides is 1. The minimum absolute atomic E-state index is 0.0278. The maximum atomic E-state index is 14.2. The number of benzene rings is 1. The SMILES string of the molecule is C[C@]12CC[C@@H]3c4ccc(O)c(F)c4CC[C@H]3[C@@H]1C[C@@H](I)[C@@H]2O. The lowest BCUT2D eigenvalue weighted by Crippen LogP contribution is -2.44. The predicted molar refractivity (Wildman–Crippen MR) is 91.9 cm³/mol. The Kier molecular flexibility index (Phi) is 3.50. The standard InChI is InChI=1S/C18H22FIO2/c1-18-7-6-10-9-4-5-15(21)16(19)12(9)3-2-11(10)13(18)8-14(20)17(18)22/h4-5,10-11,13-14,17,21-22H,2-3,6-8H2,1H3/t10-,11-,13+,14-,17+,18+/m1/s1. The molecule has 0 heterocycles. The lowest BCUT2D eigenvalue weighted by atomic mass is 9.55. The summed E-state index contributed by atoms with van der Waals surface area (Å²) in [6.45, 7) is 2.25. The molecule has 0 aliphatic heterocycles. The van der Waals surface area contributed by atoms with Gasteiger partial charge in [-0.15, -0.1) is 0 Å². The van der Waals surface area contributed by atoms with Gasteiger partial charge in [0, 0.05) is 3.92 Å². The van der Waals surface area contributed by atoms with Crippen molar-refractivity contribution >= 4 is 22.6 Å². The van der Waals surface area contributed by atoms with Crippen molar-refractivity contribution in [1.29, 1.82) is 0 Å². The zero-order valence-electron chi connectivity index (χ0n) is 12.7. The van der Waals surface area contributed by atoms with Crippen LogP contribution in [0, 0.1) is 23.1 Å². The van der Waals surface area contributed by atoms with Crippen LogP contribution in [0.25, 0.3) is 0 Å². The molecule has 6 atom stereocenters. The lowest BCUT2D eigenvalue weighted by molar-refractivity contribution is -0.0210. The number of aliphatic hydroxyl groups is 1. The monoisotopic (exact) mass is 416 g/mol. The van der Waals surface area contributed by atoms with Crippen LogP contribution in [0.3, 0.4) is 0 Å². The number of aromatic hydroxyl groups is 1. The van der Waals surface area contributed by atoms with Gasteiger partial charge in [-0.2, -0.15) is 0 Å². The highest BCUT2D eigenvalue weighted by Crippen LogP contribution is 2.62. The van der Waals surface area contributed by atoms with Gasteiger partial charge in [-0.05, 0) is 72.5 Å². The minimum atomic E-state index is -0.414. The van der Waals surface area contributed by atoms with Crippen LogP contribution >= 0.6 is 22.6 Å². The first kappa shape index (κ1) is 15.2. The van der Waals surface area contributed by atoms with Crippen molar-refractivity contribution in [1.82, 2.24) is 0 Å². The van der Waals surface area contributed by atoms with Gasteiger partial charge in [0.15, 0.2) is 11.6 Å². The van der Waals surface area contributed by atoms with Gasteiger partial charge >= 0.3 is 0 Å². The third-order valence-corrected chi connectivity index (χ3v) is 7.95.